The zero-order valence-corrected chi connectivity index (χ0v) is 20.7. The van der Waals surface area contributed by atoms with Gasteiger partial charge in [0.1, 0.15) is 5.75 Å². The molecular weight excluding hydrogens is 479 g/mol. The lowest BCUT2D eigenvalue weighted by molar-refractivity contribution is -0.138. The van der Waals surface area contributed by atoms with Crippen LogP contribution in [0.15, 0.2) is 18.2 Å². The van der Waals surface area contributed by atoms with E-state index in [0.29, 0.717) is 50.4 Å². The van der Waals surface area contributed by atoms with Crippen LogP contribution >= 0.6 is 0 Å². The monoisotopic (exact) mass is 511 g/mol. The minimum Gasteiger partial charge on any atom is -0.497 e. The van der Waals surface area contributed by atoms with Gasteiger partial charge in [0, 0.05) is 32.2 Å². The maximum absolute atomic E-state index is 13.5. The van der Waals surface area contributed by atoms with Gasteiger partial charge in [0.15, 0.2) is 0 Å². The van der Waals surface area contributed by atoms with Gasteiger partial charge in [-0.3, -0.25) is 9.48 Å². The fourth-order valence-corrected chi connectivity index (χ4v) is 4.08. The highest BCUT2D eigenvalue weighted by molar-refractivity contribution is 5.96. The molecule has 0 spiro atoms. The molecule has 3 rings (SSSR count). The van der Waals surface area contributed by atoms with Crippen LogP contribution in [0.1, 0.15) is 64.4 Å². The summed E-state index contributed by atoms with van der Waals surface area (Å²) in [5.41, 5.74) is 0.337. The zero-order valence-electron chi connectivity index (χ0n) is 20.7. The Balaban J connectivity index is 1.75. The zero-order chi connectivity index (χ0) is 26.3. The van der Waals surface area contributed by atoms with Gasteiger partial charge < -0.3 is 19.5 Å². The van der Waals surface area contributed by atoms with Gasteiger partial charge in [-0.2, -0.15) is 18.3 Å². The molecule has 0 radical (unpaired) electrons. The van der Waals surface area contributed by atoms with Crippen molar-refractivity contribution < 1.29 is 37.0 Å². The van der Waals surface area contributed by atoms with Crippen LogP contribution in [0, 0.1) is 5.92 Å². The van der Waals surface area contributed by atoms with Crippen LogP contribution in [-0.2, 0) is 35.0 Å². The van der Waals surface area contributed by atoms with Crippen LogP contribution in [0.2, 0.25) is 0 Å². The number of halogens is 3. The van der Waals surface area contributed by atoms with Crippen molar-refractivity contribution in [2.24, 2.45) is 5.92 Å². The van der Waals surface area contributed by atoms with Gasteiger partial charge in [-0.25, -0.2) is 4.79 Å². The second-order valence-electron chi connectivity index (χ2n) is 8.74. The molecule has 8 nitrogen and oxygen atoms in total. The van der Waals surface area contributed by atoms with Crippen molar-refractivity contribution in [1.82, 2.24) is 15.1 Å². The molecule has 1 aromatic heterocycles. The Morgan fingerprint density at radius 1 is 1.28 bits per heavy atom. The third-order valence-corrected chi connectivity index (χ3v) is 5.88. The number of methoxy groups -OCH3 is 1. The Kier molecular flexibility index (Phi) is 9.36. The number of carbonyl (C=O) groups excluding carboxylic acids is 2. The average molecular weight is 512 g/mol. The molecule has 1 aromatic carbocycles. The Morgan fingerprint density at radius 3 is 2.72 bits per heavy atom. The first-order valence-corrected chi connectivity index (χ1v) is 12.0. The number of aryl methyl sites for hydroxylation is 1. The number of alkyl halides is 3. The van der Waals surface area contributed by atoms with Crippen LogP contribution in [-0.4, -0.2) is 55.1 Å². The molecule has 11 heteroatoms. The van der Waals surface area contributed by atoms with Gasteiger partial charge in [0.05, 0.1) is 41.8 Å². The lowest BCUT2D eigenvalue weighted by Crippen LogP contribution is -2.27. The summed E-state index contributed by atoms with van der Waals surface area (Å²) in [6, 6.07) is 3.11. The second-order valence-corrected chi connectivity index (χ2v) is 8.74. The van der Waals surface area contributed by atoms with Crippen LogP contribution < -0.4 is 10.1 Å². The predicted octanol–water partition coefficient (Wildman–Crippen LogP) is 4.05. The topological polar surface area (TPSA) is 91.7 Å². The van der Waals surface area contributed by atoms with E-state index in [9.17, 15) is 22.8 Å². The molecule has 1 aliphatic heterocycles. The number of nitrogens with zero attached hydrogens (tertiary/aromatic N) is 2. The van der Waals surface area contributed by atoms with Crippen molar-refractivity contribution in [3.63, 3.8) is 0 Å². The highest BCUT2D eigenvalue weighted by atomic mass is 19.4. The minimum atomic E-state index is -4.74. The summed E-state index contributed by atoms with van der Waals surface area (Å²) in [5.74, 6) is -1.52. The van der Waals surface area contributed by atoms with Crippen molar-refractivity contribution in [3.05, 3.63) is 46.3 Å². The van der Waals surface area contributed by atoms with E-state index in [1.54, 1.807) is 11.6 Å². The van der Waals surface area contributed by atoms with E-state index in [4.69, 9.17) is 14.2 Å². The summed E-state index contributed by atoms with van der Waals surface area (Å²) in [7, 11) is 1.25. The summed E-state index contributed by atoms with van der Waals surface area (Å²) in [6.45, 7) is 5.59. The van der Waals surface area contributed by atoms with Crippen molar-refractivity contribution in [2.75, 3.05) is 33.5 Å². The van der Waals surface area contributed by atoms with Gasteiger partial charge in [0.2, 0.25) is 0 Å². The van der Waals surface area contributed by atoms with Crippen molar-refractivity contribution >= 4 is 11.9 Å². The maximum Gasteiger partial charge on any atom is 0.417 e. The molecule has 0 saturated carbocycles. The predicted molar refractivity (Wildman–Crippen MR) is 125 cm³/mol. The number of hydrogen-bond donors (Lipinski definition) is 1. The van der Waals surface area contributed by atoms with Gasteiger partial charge in [-0.15, -0.1) is 0 Å². The van der Waals surface area contributed by atoms with E-state index in [1.165, 1.54) is 13.2 Å². The molecular formula is C25H32F3N3O5. The molecule has 0 aliphatic carbocycles. The number of fused-ring (bicyclic) bond motifs is 1. The molecule has 0 bridgehead atoms. The SMILES string of the molecule is CCc1nn(C[C@@H](C)COC(=O)c2ccc(OC)cc2C(F)(F)F)c2c1C(=O)NCCCOCCC2. The molecule has 1 aliphatic rings. The molecule has 0 fully saturated rings. The van der Waals surface area contributed by atoms with E-state index in [-0.39, 0.29) is 24.2 Å². The van der Waals surface area contributed by atoms with Crippen molar-refractivity contribution in [2.45, 2.75) is 52.3 Å². The van der Waals surface area contributed by atoms with Crippen LogP contribution in [0.4, 0.5) is 13.2 Å². The molecule has 1 N–H and O–H groups in total. The van der Waals surface area contributed by atoms with E-state index in [2.05, 4.69) is 10.4 Å². The number of nitrogens with one attached hydrogen (secondary N) is 1. The number of aromatic nitrogens is 2. The molecule has 1 amide bonds. The van der Waals surface area contributed by atoms with Crippen molar-refractivity contribution in [1.29, 1.82) is 0 Å². The van der Waals surface area contributed by atoms with Gasteiger partial charge in [-0.1, -0.05) is 13.8 Å². The lowest BCUT2D eigenvalue weighted by Gasteiger charge is -2.17. The Bertz CT molecular complexity index is 1070. The van der Waals surface area contributed by atoms with Crippen molar-refractivity contribution in [3.8, 4) is 5.75 Å². The molecule has 0 saturated heterocycles. The summed E-state index contributed by atoms with van der Waals surface area (Å²) >= 11 is 0. The Morgan fingerprint density at radius 2 is 2.03 bits per heavy atom. The average Bonchev–Trinajstić information content (AvgIpc) is 3.17. The molecule has 36 heavy (non-hydrogen) atoms. The highest BCUT2D eigenvalue weighted by Gasteiger charge is 2.36. The Labute approximate surface area is 208 Å². The number of benzene rings is 1. The fourth-order valence-electron chi connectivity index (χ4n) is 4.08. The molecule has 198 valence electrons. The van der Waals surface area contributed by atoms with Gasteiger partial charge in [0.25, 0.3) is 5.91 Å². The van der Waals surface area contributed by atoms with E-state index in [1.807, 2.05) is 6.92 Å². The third kappa shape index (κ3) is 6.77. The first-order valence-electron chi connectivity index (χ1n) is 12.0. The molecule has 2 heterocycles. The summed E-state index contributed by atoms with van der Waals surface area (Å²) < 4.78 is 57.8. The van der Waals surface area contributed by atoms with Crippen LogP contribution in [0.25, 0.3) is 0 Å². The number of rotatable bonds is 7. The Hall–Kier alpha value is -3.08. The number of ether oxygens (including phenoxy) is 3. The normalized spacial score (nSPS) is 15.9. The van der Waals surface area contributed by atoms with Crippen LogP contribution in [0.5, 0.6) is 5.75 Å². The summed E-state index contributed by atoms with van der Waals surface area (Å²) in [4.78, 5) is 25.4. The number of carbonyl (C=O) groups is 2. The quantitative estimate of drug-likeness (QED) is 0.564. The standard InChI is InChI=1S/C25H32F3N3O5/c1-4-20-22-21(7-5-11-35-12-6-10-29-23(22)32)31(30-20)14-16(2)15-36-24(33)18-9-8-17(34-3)13-19(18)25(26,27)28/h8-9,13,16H,4-7,10-12,14-15H2,1-3H3,(H,29,32)/t16-/m1/s1. The number of esters is 1. The smallest absolute Gasteiger partial charge is 0.417 e. The lowest BCUT2D eigenvalue weighted by atomic mass is 10.1. The number of hydrogen-bond acceptors (Lipinski definition) is 6. The maximum atomic E-state index is 13.5. The largest absolute Gasteiger partial charge is 0.497 e. The van der Waals surface area contributed by atoms with Gasteiger partial charge >= 0.3 is 12.1 Å². The first kappa shape index (κ1) is 27.5. The molecule has 0 unspecified atom stereocenters. The summed E-state index contributed by atoms with van der Waals surface area (Å²) in [6.07, 6.45) is -2.14. The van der Waals surface area contributed by atoms with E-state index < -0.39 is 23.3 Å². The third-order valence-electron chi connectivity index (χ3n) is 5.88. The van der Waals surface area contributed by atoms with Crippen LogP contribution in [0.3, 0.4) is 0 Å². The summed E-state index contributed by atoms with van der Waals surface area (Å²) in [5, 5.41) is 7.55. The first-order chi connectivity index (χ1) is 17.2. The van der Waals surface area contributed by atoms with E-state index >= 15 is 0 Å². The molecule has 1 atom stereocenters. The minimum absolute atomic E-state index is 0.00853. The van der Waals surface area contributed by atoms with E-state index in [0.717, 1.165) is 30.7 Å². The molecule has 2 aromatic rings. The fraction of sp³-hybridized carbons (Fsp3) is 0.560. The number of amides is 1. The van der Waals surface area contributed by atoms with Gasteiger partial charge in [-0.05, 0) is 43.9 Å². The second kappa shape index (κ2) is 12.2. The highest BCUT2D eigenvalue weighted by Crippen LogP contribution is 2.34.